The van der Waals surface area contributed by atoms with Gasteiger partial charge in [-0.05, 0) is 44.5 Å². The highest BCUT2D eigenvalue weighted by Crippen LogP contribution is 2.21. The Bertz CT molecular complexity index is 621. The quantitative estimate of drug-likeness (QED) is 0.735. The third-order valence-corrected chi connectivity index (χ3v) is 2.94. The van der Waals surface area contributed by atoms with Crippen LogP contribution in [0.5, 0.6) is 0 Å². The molecular formula is C18H19N. The molecule has 0 aliphatic heterocycles. The summed E-state index contributed by atoms with van der Waals surface area (Å²) >= 11 is 0. The third-order valence-electron chi connectivity index (χ3n) is 2.94. The predicted molar refractivity (Wildman–Crippen MR) is 83.8 cm³/mol. The van der Waals surface area contributed by atoms with Crippen molar-refractivity contribution in [2.45, 2.75) is 20.8 Å². The van der Waals surface area contributed by atoms with Crippen LogP contribution in [0.2, 0.25) is 0 Å². The number of allylic oxidation sites excluding steroid dienone is 2. The molecule has 0 bridgehead atoms. The van der Waals surface area contributed by atoms with Crippen LogP contribution in [0.25, 0.3) is 23.4 Å². The summed E-state index contributed by atoms with van der Waals surface area (Å²) < 4.78 is 0. The Hall–Kier alpha value is -2.15. The summed E-state index contributed by atoms with van der Waals surface area (Å²) in [6, 6.07) is 12.6. The van der Waals surface area contributed by atoms with E-state index in [1.54, 1.807) is 0 Å². The monoisotopic (exact) mass is 249 g/mol. The van der Waals surface area contributed by atoms with E-state index in [1.165, 1.54) is 5.56 Å². The fraction of sp³-hybridized carbons (Fsp3) is 0.167. The van der Waals surface area contributed by atoms with Crippen LogP contribution in [0.4, 0.5) is 0 Å². The molecule has 19 heavy (non-hydrogen) atoms. The molecule has 0 fully saturated rings. The van der Waals surface area contributed by atoms with Crippen LogP contribution in [0.15, 0.2) is 48.6 Å². The third kappa shape index (κ3) is 3.19. The molecule has 0 aliphatic carbocycles. The van der Waals surface area contributed by atoms with Gasteiger partial charge >= 0.3 is 0 Å². The van der Waals surface area contributed by atoms with E-state index < -0.39 is 0 Å². The molecule has 0 amide bonds. The summed E-state index contributed by atoms with van der Waals surface area (Å²) in [6.07, 6.45) is 8.20. The van der Waals surface area contributed by atoms with Crippen LogP contribution < -0.4 is 0 Å². The smallest absolute Gasteiger partial charge is 0.0709 e. The summed E-state index contributed by atoms with van der Waals surface area (Å²) in [4.78, 5) is 4.75. The molecule has 1 aromatic heterocycles. The summed E-state index contributed by atoms with van der Waals surface area (Å²) in [7, 11) is 0. The van der Waals surface area contributed by atoms with Crippen LogP contribution in [-0.4, -0.2) is 4.98 Å². The van der Waals surface area contributed by atoms with Gasteiger partial charge in [-0.1, -0.05) is 48.1 Å². The fourth-order valence-electron chi connectivity index (χ4n) is 2.06. The number of nitrogens with zero attached hydrogens (tertiary/aromatic N) is 1. The first-order chi connectivity index (χ1) is 9.24. The Morgan fingerprint density at radius 3 is 2.42 bits per heavy atom. The first kappa shape index (κ1) is 13.3. The number of benzene rings is 1. The van der Waals surface area contributed by atoms with Crippen molar-refractivity contribution in [1.82, 2.24) is 4.98 Å². The predicted octanol–water partition coefficient (Wildman–Crippen LogP) is 5.12. The number of hydrogen-bond acceptors (Lipinski definition) is 1. The van der Waals surface area contributed by atoms with Crippen molar-refractivity contribution < 1.29 is 0 Å². The molecule has 0 atom stereocenters. The van der Waals surface area contributed by atoms with E-state index in [1.807, 2.05) is 26.0 Å². The van der Waals surface area contributed by atoms with Gasteiger partial charge in [0.1, 0.15) is 0 Å². The van der Waals surface area contributed by atoms with Crippen molar-refractivity contribution in [2.75, 3.05) is 0 Å². The van der Waals surface area contributed by atoms with Gasteiger partial charge in [0.2, 0.25) is 0 Å². The number of aromatic nitrogens is 1. The summed E-state index contributed by atoms with van der Waals surface area (Å²) in [5.74, 6) is 0. The molecule has 1 aromatic carbocycles. The minimum Gasteiger partial charge on any atom is -0.248 e. The Morgan fingerprint density at radius 2 is 1.74 bits per heavy atom. The molecule has 1 heteroatoms. The van der Waals surface area contributed by atoms with E-state index in [2.05, 4.69) is 55.5 Å². The Labute approximate surface area is 115 Å². The molecule has 0 N–H and O–H groups in total. The minimum absolute atomic E-state index is 1.01. The van der Waals surface area contributed by atoms with E-state index in [9.17, 15) is 0 Å². The van der Waals surface area contributed by atoms with Crippen molar-refractivity contribution in [3.8, 4) is 11.3 Å². The highest BCUT2D eigenvalue weighted by molar-refractivity contribution is 5.68. The van der Waals surface area contributed by atoms with Gasteiger partial charge in [0.05, 0.1) is 11.4 Å². The van der Waals surface area contributed by atoms with Gasteiger partial charge in [-0.2, -0.15) is 0 Å². The molecule has 1 heterocycles. The molecular weight excluding hydrogens is 230 g/mol. The van der Waals surface area contributed by atoms with Crippen LogP contribution >= 0.6 is 0 Å². The van der Waals surface area contributed by atoms with E-state index in [0.29, 0.717) is 0 Å². The number of aryl methyl sites for hydroxylation is 1. The first-order valence-corrected chi connectivity index (χ1v) is 6.58. The molecule has 0 unspecified atom stereocenters. The lowest BCUT2D eigenvalue weighted by molar-refractivity contribution is 1.28. The van der Waals surface area contributed by atoms with Crippen molar-refractivity contribution in [1.29, 1.82) is 0 Å². The SMILES string of the molecule is C/C=C\c1ccc(-c2cccc(C)c2)nc1/C=C/C. The molecule has 2 rings (SSSR count). The van der Waals surface area contributed by atoms with Crippen molar-refractivity contribution in [3.05, 3.63) is 65.4 Å². The average molecular weight is 249 g/mol. The highest BCUT2D eigenvalue weighted by atomic mass is 14.7. The van der Waals surface area contributed by atoms with Gasteiger partial charge in [0, 0.05) is 5.56 Å². The molecule has 0 spiro atoms. The lowest BCUT2D eigenvalue weighted by Crippen LogP contribution is -1.91. The number of hydrogen-bond donors (Lipinski definition) is 0. The van der Waals surface area contributed by atoms with Crippen LogP contribution in [0, 0.1) is 6.92 Å². The zero-order valence-electron chi connectivity index (χ0n) is 11.7. The van der Waals surface area contributed by atoms with Gasteiger partial charge in [0.15, 0.2) is 0 Å². The second-order valence-corrected chi connectivity index (χ2v) is 4.54. The van der Waals surface area contributed by atoms with Crippen molar-refractivity contribution >= 4 is 12.2 Å². The van der Waals surface area contributed by atoms with Crippen LogP contribution in [-0.2, 0) is 0 Å². The van der Waals surface area contributed by atoms with E-state index in [4.69, 9.17) is 4.98 Å². The van der Waals surface area contributed by atoms with Crippen LogP contribution in [0.1, 0.15) is 30.7 Å². The van der Waals surface area contributed by atoms with Gasteiger partial charge < -0.3 is 0 Å². The normalized spacial score (nSPS) is 11.5. The fourth-order valence-corrected chi connectivity index (χ4v) is 2.06. The average Bonchev–Trinajstić information content (AvgIpc) is 2.41. The van der Waals surface area contributed by atoms with Gasteiger partial charge in [-0.25, -0.2) is 4.98 Å². The molecule has 0 radical (unpaired) electrons. The van der Waals surface area contributed by atoms with E-state index >= 15 is 0 Å². The van der Waals surface area contributed by atoms with Crippen LogP contribution in [0.3, 0.4) is 0 Å². The maximum atomic E-state index is 4.75. The second kappa shape index (κ2) is 6.14. The Kier molecular flexibility index (Phi) is 4.30. The maximum Gasteiger partial charge on any atom is 0.0709 e. The van der Waals surface area contributed by atoms with E-state index in [0.717, 1.165) is 22.5 Å². The molecule has 0 aliphatic rings. The summed E-state index contributed by atoms with van der Waals surface area (Å²) in [5, 5.41) is 0. The van der Waals surface area contributed by atoms with Crippen molar-refractivity contribution in [2.24, 2.45) is 0 Å². The lowest BCUT2D eigenvalue weighted by atomic mass is 10.1. The Morgan fingerprint density at radius 1 is 0.947 bits per heavy atom. The number of rotatable bonds is 3. The standard InChI is InChI=1S/C18H19N/c1-4-7-15-11-12-18(19-17(15)8-5-2)16-10-6-9-14(3)13-16/h4-13H,1-3H3/b7-4-,8-5+. The largest absolute Gasteiger partial charge is 0.248 e. The second-order valence-electron chi connectivity index (χ2n) is 4.54. The highest BCUT2D eigenvalue weighted by Gasteiger charge is 2.03. The van der Waals surface area contributed by atoms with Gasteiger partial charge in [-0.3, -0.25) is 0 Å². The van der Waals surface area contributed by atoms with E-state index in [-0.39, 0.29) is 0 Å². The number of pyridine rings is 1. The minimum atomic E-state index is 1.01. The topological polar surface area (TPSA) is 12.9 Å². The first-order valence-electron chi connectivity index (χ1n) is 6.58. The molecule has 0 saturated carbocycles. The molecule has 2 aromatic rings. The zero-order valence-corrected chi connectivity index (χ0v) is 11.7. The van der Waals surface area contributed by atoms with Crippen molar-refractivity contribution in [3.63, 3.8) is 0 Å². The summed E-state index contributed by atoms with van der Waals surface area (Å²) in [6.45, 7) is 6.14. The molecule has 96 valence electrons. The molecule has 0 saturated heterocycles. The summed E-state index contributed by atoms with van der Waals surface area (Å²) in [5.41, 5.74) is 5.60. The zero-order chi connectivity index (χ0) is 13.7. The maximum absolute atomic E-state index is 4.75. The Balaban J connectivity index is 2.51. The lowest BCUT2D eigenvalue weighted by Gasteiger charge is -2.06. The molecule has 1 nitrogen and oxygen atoms in total. The van der Waals surface area contributed by atoms with Gasteiger partial charge in [0.25, 0.3) is 0 Å². The van der Waals surface area contributed by atoms with Gasteiger partial charge in [-0.15, -0.1) is 0 Å².